The van der Waals surface area contributed by atoms with E-state index in [1.165, 1.54) is 18.9 Å². The van der Waals surface area contributed by atoms with Crippen molar-refractivity contribution in [2.24, 2.45) is 5.41 Å². The van der Waals surface area contributed by atoms with Gasteiger partial charge in [0.1, 0.15) is 11.6 Å². The molecule has 0 amide bonds. The van der Waals surface area contributed by atoms with Crippen LogP contribution in [0.3, 0.4) is 0 Å². The molecular weight excluding hydrogens is 241 g/mol. The van der Waals surface area contributed by atoms with Crippen LogP contribution in [0.25, 0.3) is 0 Å². The monoisotopic (exact) mass is 265 g/mol. The van der Waals surface area contributed by atoms with Gasteiger partial charge in [0, 0.05) is 23.7 Å². The molecule has 1 aliphatic carbocycles. The van der Waals surface area contributed by atoms with Gasteiger partial charge in [-0.3, -0.25) is 0 Å². The van der Waals surface area contributed by atoms with Crippen molar-refractivity contribution >= 4 is 0 Å². The van der Waals surface area contributed by atoms with Crippen molar-refractivity contribution in [1.82, 2.24) is 5.32 Å². The van der Waals surface area contributed by atoms with Crippen LogP contribution in [-0.2, 0) is 0 Å². The summed E-state index contributed by atoms with van der Waals surface area (Å²) in [6.45, 7) is 6.58. The minimum Gasteiger partial charge on any atom is -0.508 e. The van der Waals surface area contributed by atoms with Crippen LogP contribution in [0.1, 0.15) is 58.1 Å². The van der Waals surface area contributed by atoms with Crippen LogP contribution in [0, 0.1) is 11.2 Å². The van der Waals surface area contributed by atoms with Gasteiger partial charge in [-0.15, -0.1) is 0 Å². The molecule has 0 aromatic heterocycles. The van der Waals surface area contributed by atoms with E-state index in [0.29, 0.717) is 17.0 Å². The molecule has 2 unspecified atom stereocenters. The Kier molecular flexibility index (Phi) is 4.14. The Bertz CT molecular complexity index is 444. The fraction of sp³-hybridized carbons (Fsp3) is 0.625. The average molecular weight is 265 g/mol. The highest BCUT2D eigenvalue weighted by Crippen LogP contribution is 2.36. The molecule has 3 heteroatoms. The van der Waals surface area contributed by atoms with Crippen LogP contribution in [0.15, 0.2) is 18.2 Å². The highest BCUT2D eigenvalue weighted by molar-refractivity contribution is 5.29. The number of hydrogen-bond donors (Lipinski definition) is 2. The van der Waals surface area contributed by atoms with E-state index in [4.69, 9.17) is 0 Å². The molecule has 0 bridgehead atoms. The second kappa shape index (κ2) is 5.49. The minimum atomic E-state index is -0.338. The summed E-state index contributed by atoms with van der Waals surface area (Å²) in [4.78, 5) is 0. The van der Waals surface area contributed by atoms with Gasteiger partial charge >= 0.3 is 0 Å². The summed E-state index contributed by atoms with van der Waals surface area (Å²) in [5, 5.41) is 12.8. The zero-order chi connectivity index (χ0) is 14.0. The topological polar surface area (TPSA) is 32.3 Å². The molecular formula is C16H24FNO. The van der Waals surface area contributed by atoms with Gasteiger partial charge in [0.25, 0.3) is 0 Å². The lowest BCUT2D eigenvalue weighted by molar-refractivity contribution is 0.190. The Morgan fingerprint density at radius 3 is 2.79 bits per heavy atom. The van der Waals surface area contributed by atoms with Gasteiger partial charge in [-0.2, -0.15) is 0 Å². The highest BCUT2D eigenvalue weighted by atomic mass is 19.1. The largest absolute Gasteiger partial charge is 0.508 e. The van der Waals surface area contributed by atoms with Crippen molar-refractivity contribution in [2.75, 3.05) is 0 Å². The molecule has 0 spiro atoms. The molecule has 0 saturated heterocycles. The number of aromatic hydroxyl groups is 1. The van der Waals surface area contributed by atoms with Crippen LogP contribution in [0.4, 0.5) is 4.39 Å². The van der Waals surface area contributed by atoms with Crippen LogP contribution in [0.2, 0.25) is 0 Å². The van der Waals surface area contributed by atoms with Crippen molar-refractivity contribution < 1.29 is 9.50 Å². The lowest BCUT2D eigenvalue weighted by atomic mass is 9.75. The number of nitrogens with one attached hydrogen (secondary N) is 1. The maximum absolute atomic E-state index is 13.8. The van der Waals surface area contributed by atoms with Crippen molar-refractivity contribution in [1.29, 1.82) is 0 Å². The number of rotatable bonds is 3. The number of phenols is 1. The molecule has 1 aromatic carbocycles. The fourth-order valence-corrected chi connectivity index (χ4v) is 3.15. The lowest BCUT2D eigenvalue weighted by Gasteiger charge is -2.37. The van der Waals surface area contributed by atoms with E-state index in [0.717, 1.165) is 12.8 Å². The Morgan fingerprint density at radius 2 is 2.16 bits per heavy atom. The van der Waals surface area contributed by atoms with E-state index in [2.05, 4.69) is 19.2 Å². The van der Waals surface area contributed by atoms with E-state index in [1.807, 2.05) is 6.92 Å². The molecule has 2 atom stereocenters. The Balaban J connectivity index is 2.02. The Hall–Kier alpha value is -1.09. The maximum atomic E-state index is 13.8. The van der Waals surface area contributed by atoms with Gasteiger partial charge in [-0.1, -0.05) is 26.3 Å². The van der Waals surface area contributed by atoms with E-state index in [1.54, 1.807) is 12.1 Å². The van der Waals surface area contributed by atoms with Crippen LogP contribution < -0.4 is 5.32 Å². The normalized spacial score (nSPS) is 24.1. The molecule has 1 aliphatic rings. The van der Waals surface area contributed by atoms with Crippen LogP contribution in [-0.4, -0.2) is 11.1 Å². The van der Waals surface area contributed by atoms with E-state index in [9.17, 15) is 9.50 Å². The molecule has 2 rings (SSSR count). The smallest absolute Gasteiger partial charge is 0.131 e. The summed E-state index contributed by atoms with van der Waals surface area (Å²) in [5.41, 5.74) is 1.00. The van der Waals surface area contributed by atoms with Crippen molar-refractivity contribution in [3.05, 3.63) is 29.6 Å². The summed E-state index contributed by atoms with van der Waals surface area (Å²) in [6.07, 6.45) is 4.80. The predicted molar refractivity (Wildman–Crippen MR) is 75.7 cm³/mol. The van der Waals surface area contributed by atoms with Crippen LogP contribution in [0.5, 0.6) is 5.75 Å². The minimum absolute atomic E-state index is 0.0211. The summed E-state index contributed by atoms with van der Waals surface area (Å²) in [7, 11) is 0. The lowest BCUT2D eigenvalue weighted by Crippen LogP contribution is -2.38. The first-order valence-corrected chi connectivity index (χ1v) is 7.12. The zero-order valence-electron chi connectivity index (χ0n) is 12.0. The molecule has 2 nitrogen and oxygen atoms in total. The van der Waals surface area contributed by atoms with Gasteiger partial charge in [-0.25, -0.2) is 4.39 Å². The van der Waals surface area contributed by atoms with Crippen LogP contribution >= 0.6 is 0 Å². The molecule has 19 heavy (non-hydrogen) atoms. The van der Waals surface area contributed by atoms with E-state index >= 15 is 0 Å². The fourth-order valence-electron chi connectivity index (χ4n) is 3.15. The number of halogens is 1. The first-order valence-electron chi connectivity index (χ1n) is 7.12. The number of benzene rings is 1. The molecule has 0 radical (unpaired) electrons. The molecule has 1 aromatic rings. The molecule has 1 saturated carbocycles. The van der Waals surface area contributed by atoms with E-state index < -0.39 is 0 Å². The van der Waals surface area contributed by atoms with Gasteiger partial charge in [0.2, 0.25) is 0 Å². The van der Waals surface area contributed by atoms with Crippen molar-refractivity contribution in [3.63, 3.8) is 0 Å². The maximum Gasteiger partial charge on any atom is 0.131 e. The van der Waals surface area contributed by atoms with Crippen molar-refractivity contribution in [3.8, 4) is 5.75 Å². The SMILES string of the molecule is CC(NC1CCCC(C)(C)C1)c1ccc(O)cc1F. The Labute approximate surface area is 115 Å². The van der Waals surface area contributed by atoms with Gasteiger partial charge in [0.05, 0.1) is 0 Å². The summed E-state index contributed by atoms with van der Waals surface area (Å²) < 4.78 is 13.8. The third kappa shape index (κ3) is 3.69. The second-order valence-electron chi connectivity index (χ2n) is 6.55. The third-order valence-corrected chi connectivity index (χ3v) is 4.14. The molecule has 106 valence electrons. The molecule has 0 aliphatic heterocycles. The summed E-state index contributed by atoms with van der Waals surface area (Å²) in [6, 6.07) is 4.81. The number of phenolic OH excluding ortho intramolecular Hbond substituents is 1. The molecule has 0 heterocycles. The second-order valence-corrected chi connectivity index (χ2v) is 6.55. The quantitative estimate of drug-likeness (QED) is 0.860. The Morgan fingerprint density at radius 1 is 1.42 bits per heavy atom. The number of hydrogen-bond acceptors (Lipinski definition) is 2. The summed E-state index contributed by atoms with van der Waals surface area (Å²) in [5.74, 6) is -0.359. The molecule has 2 N–H and O–H groups in total. The first-order chi connectivity index (χ1) is 8.87. The average Bonchev–Trinajstić information content (AvgIpc) is 2.27. The van der Waals surface area contributed by atoms with Gasteiger partial charge in [0.15, 0.2) is 0 Å². The molecule has 1 fully saturated rings. The summed E-state index contributed by atoms with van der Waals surface area (Å²) >= 11 is 0. The van der Waals surface area contributed by atoms with Gasteiger partial charge < -0.3 is 10.4 Å². The standard InChI is InChI=1S/C16H24FNO/c1-11(14-7-6-13(19)9-15(14)17)18-12-5-4-8-16(2,3)10-12/h6-7,9,11-12,18-19H,4-5,8,10H2,1-3H3. The third-order valence-electron chi connectivity index (χ3n) is 4.14. The highest BCUT2D eigenvalue weighted by Gasteiger charge is 2.28. The first kappa shape index (κ1) is 14.3. The zero-order valence-corrected chi connectivity index (χ0v) is 12.0. The van der Waals surface area contributed by atoms with Crippen molar-refractivity contribution in [2.45, 2.75) is 58.5 Å². The van der Waals surface area contributed by atoms with E-state index in [-0.39, 0.29) is 17.6 Å². The predicted octanol–water partition coefficient (Wildman–Crippen LogP) is 4.15. The van der Waals surface area contributed by atoms with Gasteiger partial charge in [-0.05, 0) is 37.7 Å².